The summed E-state index contributed by atoms with van der Waals surface area (Å²) in [5, 5.41) is 10.8. The van der Waals surface area contributed by atoms with Crippen LogP contribution in [0.15, 0.2) is 24.3 Å². The maximum Gasteiger partial charge on any atom is 0.0816 e. The molecule has 1 unspecified atom stereocenters. The average molecular weight is 256 g/mol. The predicted molar refractivity (Wildman–Crippen MR) is 73.4 cm³/mol. The minimum Gasteiger partial charge on any atom is -0.388 e. The molecule has 0 bridgehead atoms. The molecule has 1 aromatic carbocycles. The lowest BCUT2D eigenvalue weighted by atomic mass is 10.1. The molecule has 96 valence electrons. The molecular formula is C14H22ClNO. The SMILES string of the molecule is CCN(CCC(O)c1ccccc1Cl)C(C)C. The van der Waals surface area contributed by atoms with Gasteiger partial charge < -0.3 is 10.0 Å². The van der Waals surface area contributed by atoms with E-state index >= 15 is 0 Å². The van der Waals surface area contributed by atoms with Crippen molar-refractivity contribution in [2.75, 3.05) is 13.1 Å². The molecule has 0 aliphatic carbocycles. The Morgan fingerprint density at radius 2 is 1.94 bits per heavy atom. The molecule has 1 N–H and O–H groups in total. The van der Waals surface area contributed by atoms with Gasteiger partial charge in [-0.3, -0.25) is 0 Å². The maximum atomic E-state index is 10.1. The molecule has 17 heavy (non-hydrogen) atoms. The predicted octanol–water partition coefficient (Wildman–Crippen LogP) is 3.49. The van der Waals surface area contributed by atoms with Gasteiger partial charge in [-0.15, -0.1) is 0 Å². The summed E-state index contributed by atoms with van der Waals surface area (Å²) in [6.07, 6.45) is 0.243. The number of hydrogen-bond acceptors (Lipinski definition) is 2. The van der Waals surface area contributed by atoms with Crippen LogP contribution in [0.2, 0.25) is 5.02 Å². The smallest absolute Gasteiger partial charge is 0.0816 e. The van der Waals surface area contributed by atoms with Crippen LogP contribution >= 0.6 is 11.6 Å². The van der Waals surface area contributed by atoms with Gasteiger partial charge in [-0.05, 0) is 38.4 Å². The quantitative estimate of drug-likeness (QED) is 0.841. The number of rotatable bonds is 6. The standard InChI is InChI=1S/C14H22ClNO/c1-4-16(11(2)3)10-9-14(17)12-7-5-6-8-13(12)15/h5-8,11,14,17H,4,9-10H2,1-3H3. The van der Waals surface area contributed by atoms with E-state index in [9.17, 15) is 5.11 Å². The third kappa shape index (κ3) is 4.30. The highest BCUT2D eigenvalue weighted by atomic mass is 35.5. The molecule has 0 heterocycles. The Bertz CT molecular complexity index is 341. The van der Waals surface area contributed by atoms with Crippen molar-refractivity contribution in [1.82, 2.24) is 4.90 Å². The summed E-state index contributed by atoms with van der Waals surface area (Å²) >= 11 is 6.06. The number of aliphatic hydroxyl groups is 1. The summed E-state index contributed by atoms with van der Waals surface area (Å²) in [6.45, 7) is 8.38. The molecule has 1 atom stereocenters. The van der Waals surface area contributed by atoms with Crippen LogP contribution in [-0.2, 0) is 0 Å². The second-order valence-corrected chi connectivity index (χ2v) is 4.96. The highest BCUT2D eigenvalue weighted by Crippen LogP contribution is 2.25. The molecule has 1 rings (SSSR count). The zero-order valence-corrected chi connectivity index (χ0v) is 11.6. The molecule has 3 heteroatoms. The van der Waals surface area contributed by atoms with Crippen molar-refractivity contribution in [2.24, 2.45) is 0 Å². The summed E-state index contributed by atoms with van der Waals surface area (Å²) in [4.78, 5) is 2.33. The highest BCUT2D eigenvalue weighted by Gasteiger charge is 2.13. The fourth-order valence-corrected chi connectivity index (χ4v) is 2.23. The van der Waals surface area contributed by atoms with Crippen LogP contribution in [0.4, 0.5) is 0 Å². The monoisotopic (exact) mass is 255 g/mol. The fourth-order valence-electron chi connectivity index (χ4n) is 1.97. The first-order valence-corrected chi connectivity index (χ1v) is 6.60. The normalized spacial score (nSPS) is 13.4. The number of hydrogen-bond donors (Lipinski definition) is 1. The summed E-state index contributed by atoms with van der Waals surface area (Å²) < 4.78 is 0. The van der Waals surface area contributed by atoms with Gasteiger partial charge in [-0.2, -0.15) is 0 Å². The zero-order valence-electron chi connectivity index (χ0n) is 10.9. The highest BCUT2D eigenvalue weighted by molar-refractivity contribution is 6.31. The molecule has 0 aliphatic rings. The third-order valence-electron chi connectivity index (χ3n) is 3.09. The van der Waals surface area contributed by atoms with E-state index in [0.29, 0.717) is 11.1 Å². The minimum absolute atomic E-state index is 0.475. The fraction of sp³-hybridized carbons (Fsp3) is 0.571. The van der Waals surface area contributed by atoms with Crippen molar-refractivity contribution in [3.63, 3.8) is 0 Å². The Hall–Kier alpha value is -0.570. The molecule has 0 aliphatic heterocycles. The summed E-state index contributed by atoms with van der Waals surface area (Å²) in [5.74, 6) is 0. The molecule has 0 spiro atoms. The van der Waals surface area contributed by atoms with Gasteiger partial charge in [0.05, 0.1) is 6.10 Å². The Morgan fingerprint density at radius 3 is 2.47 bits per heavy atom. The third-order valence-corrected chi connectivity index (χ3v) is 3.43. The van der Waals surface area contributed by atoms with E-state index in [1.54, 1.807) is 0 Å². The van der Waals surface area contributed by atoms with E-state index in [-0.39, 0.29) is 0 Å². The van der Waals surface area contributed by atoms with Gasteiger partial charge in [0.15, 0.2) is 0 Å². The second-order valence-electron chi connectivity index (χ2n) is 4.55. The average Bonchev–Trinajstić information content (AvgIpc) is 2.29. The lowest BCUT2D eigenvalue weighted by molar-refractivity contribution is 0.133. The van der Waals surface area contributed by atoms with E-state index in [0.717, 1.165) is 25.1 Å². The van der Waals surface area contributed by atoms with Crippen molar-refractivity contribution < 1.29 is 5.11 Å². The molecule has 0 saturated carbocycles. The zero-order chi connectivity index (χ0) is 12.8. The summed E-state index contributed by atoms with van der Waals surface area (Å²) in [7, 11) is 0. The van der Waals surface area contributed by atoms with Crippen molar-refractivity contribution >= 4 is 11.6 Å². The van der Waals surface area contributed by atoms with E-state index < -0.39 is 6.10 Å². The molecule has 1 aromatic rings. The van der Waals surface area contributed by atoms with Gasteiger partial charge >= 0.3 is 0 Å². The maximum absolute atomic E-state index is 10.1. The molecule has 0 radical (unpaired) electrons. The molecule has 0 amide bonds. The van der Waals surface area contributed by atoms with Gasteiger partial charge in [0.25, 0.3) is 0 Å². The van der Waals surface area contributed by atoms with Crippen molar-refractivity contribution in [3.05, 3.63) is 34.9 Å². The topological polar surface area (TPSA) is 23.5 Å². The van der Waals surface area contributed by atoms with Crippen molar-refractivity contribution in [1.29, 1.82) is 0 Å². The first kappa shape index (κ1) is 14.5. The van der Waals surface area contributed by atoms with Crippen molar-refractivity contribution in [3.8, 4) is 0 Å². The van der Waals surface area contributed by atoms with Gasteiger partial charge in [0.2, 0.25) is 0 Å². The molecule has 0 fully saturated rings. The molecule has 2 nitrogen and oxygen atoms in total. The lowest BCUT2D eigenvalue weighted by Gasteiger charge is -2.26. The Morgan fingerprint density at radius 1 is 1.29 bits per heavy atom. The molecular weight excluding hydrogens is 234 g/mol. The van der Waals surface area contributed by atoms with Crippen LogP contribution in [0.5, 0.6) is 0 Å². The number of nitrogens with zero attached hydrogens (tertiary/aromatic N) is 1. The number of aliphatic hydroxyl groups excluding tert-OH is 1. The largest absolute Gasteiger partial charge is 0.388 e. The van der Waals surface area contributed by atoms with E-state index in [1.165, 1.54) is 0 Å². The van der Waals surface area contributed by atoms with Gasteiger partial charge in [-0.25, -0.2) is 0 Å². The first-order valence-electron chi connectivity index (χ1n) is 6.22. The number of benzene rings is 1. The molecule has 0 aromatic heterocycles. The van der Waals surface area contributed by atoms with Crippen LogP contribution in [0.25, 0.3) is 0 Å². The van der Waals surface area contributed by atoms with Gasteiger partial charge in [0, 0.05) is 17.6 Å². The Kier molecular flexibility index (Phi) is 5.96. The van der Waals surface area contributed by atoms with Crippen molar-refractivity contribution in [2.45, 2.75) is 39.3 Å². The van der Waals surface area contributed by atoms with Gasteiger partial charge in [0.1, 0.15) is 0 Å². The Balaban J connectivity index is 2.55. The second kappa shape index (κ2) is 7.00. The van der Waals surface area contributed by atoms with Crippen LogP contribution in [0, 0.1) is 0 Å². The van der Waals surface area contributed by atoms with Crippen LogP contribution in [0.1, 0.15) is 38.9 Å². The number of halogens is 1. The van der Waals surface area contributed by atoms with Crippen LogP contribution in [0.3, 0.4) is 0 Å². The van der Waals surface area contributed by atoms with E-state index in [1.807, 2.05) is 24.3 Å². The van der Waals surface area contributed by atoms with Gasteiger partial charge in [-0.1, -0.05) is 36.7 Å². The molecule has 0 saturated heterocycles. The van der Waals surface area contributed by atoms with Crippen LogP contribution < -0.4 is 0 Å². The summed E-state index contributed by atoms with van der Waals surface area (Å²) in [6, 6.07) is 8.01. The first-order chi connectivity index (χ1) is 8.06. The lowest BCUT2D eigenvalue weighted by Crippen LogP contribution is -2.32. The van der Waals surface area contributed by atoms with E-state index in [4.69, 9.17) is 11.6 Å². The van der Waals surface area contributed by atoms with E-state index in [2.05, 4.69) is 25.7 Å². The van der Waals surface area contributed by atoms with Crippen LogP contribution in [-0.4, -0.2) is 29.1 Å². The minimum atomic E-state index is -0.475. The summed E-state index contributed by atoms with van der Waals surface area (Å²) in [5.41, 5.74) is 0.828. The Labute approximate surface area is 109 Å².